The predicted octanol–water partition coefficient (Wildman–Crippen LogP) is 0.622. The molecular formula is C13H25NO3. The molecule has 0 aromatic heterocycles. The van der Waals surface area contributed by atoms with Crippen LogP contribution in [-0.2, 0) is 4.74 Å². The van der Waals surface area contributed by atoms with Crippen LogP contribution in [-0.4, -0.2) is 60.2 Å². The number of hydrogen-bond acceptors (Lipinski definition) is 4. The zero-order valence-electron chi connectivity index (χ0n) is 10.8. The highest BCUT2D eigenvalue weighted by Gasteiger charge is 2.52. The summed E-state index contributed by atoms with van der Waals surface area (Å²) in [5, 5.41) is 20.7. The second-order valence-electron chi connectivity index (χ2n) is 5.55. The van der Waals surface area contributed by atoms with E-state index in [1.54, 1.807) is 0 Å². The largest absolute Gasteiger partial charge is 0.396 e. The van der Waals surface area contributed by atoms with Crippen molar-refractivity contribution in [2.45, 2.75) is 38.2 Å². The quantitative estimate of drug-likeness (QED) is 0.763. The number of likely N-dealkylation sites (tertiary alicyclic amines) is 1. The van der Waals surface area contributed by atoms with Gasteiger partial charge in [-0.15, -0.1) is 0 Å². The summed E-state index contributed by atoms with van der Waals surface area (Å²) < 4.78 is 5.34. The third-order valence-corrected chi connectivity index (χ3v) is 4.71. The van der Waals surface area contributed by atoms with Gasteiger partial charge in [-0.05, 0) is 25.9 Å². The van der Waals surface area contributed by atoms with E-state index in [9.17, 15) is 10.2 Å². The zero-order chi connectivity index (χ0) is 12.4. The second kappa shape index (κ2) is 5.22. The van der Waals surface area contributed by atoms with Crippen molar-refractivity contribution >= 4 is 0 Å². The summed E-state index contributed by atoms with van der Waals surface area (Å²) in [6.07, 6.45) is 3.31. The standard InChI is InChI=1S/C13H25NO3/c1-2-14-7-3-4-12(10-14,11-15)13(16)5-8-17-9-6-13/h15-16H,2-11H2,1H3. The molecule has 2 rings (SSSR count). The minimum atomic E-state index is -0.742. The van der Waals surface area contributed by atoms with Gasteiger partial charge in [-0.2, -0.15) is 0 Å². The summed E-state index contributed by atoms with van der Waals surface area (Å²) in [7, 11) is 0. The lowest BCUT2D eigenvalue weighted by molar-refractivity contribution is -0.179. The van der Waals surface area contributed by atoms with E-state index in [1.165, 1.54) is 0 Å². The molecule has 0 spiro atoms. The van der Waals surface area contributed by atoms with Crippen LogP contribution in [0.15, 0.2) is 0 Å². The first kappa shape index (κ1) is 13.3. The maximum absolute atomic E-state index is 10.9. The first-order chi connectivity index (χ1) is 8.16. The summed E-state index contributed by atoms with van der Waals surface area (Å²) in [6, 6.07) is 0. The lowest BCUT2D eigenvalue weighted by Crippen LogP contribution is -2.60. The molecule has 2 aliphatic rings. The van der Waals surface area contributed by atoms with E-state index in [0.29, 0.717) is 26.1 Å². The van der Waals surface area contributed by atoms with E-state index >= 15 is 0 Å². The second-order valence-corrected chi connectivity index (χ2v) is 5.55. The molecule has 0 bridgehead atoms. The van der Waals surface area contributed by atoms with Gasteiger partial charge in [0.2, 0.25) is 0 Å². The molecule has 1 unspecified atom stereocenters. The van der Waals surface area contributed by atoms with Gasteiger partial charge in [-0.1, -0.05) is 6.92 Å². The van der Waals surface area contributed by atoms with Gasteiger partial charge in [0.05, 0.1) is 12.2 Å². The Balaban J connectivity index is 2.16. The van der Waals surface area contributed by atoms with Crippen LogP contribution in [0.4, 0.5) is 0 Å². The van der Waals surface area contributed by atoms with Crippen LogP contribution in [0.2, 0.25) is 0 Å². The van der Waals surface area contributed by atoms with Crippen LogP contribution in [0.3, 0.4) is 0 Å². The van der Waals surface area contributed by atoms with Gasteiger partial charge in [-0.3, -0.25) is 0 Å². The van der Waals surface area contributed by atoms with E-state index in [0.717, 1.165) is 32.5 Å². The van der Waals surface area contributed by atoms with Crippen LogP contribution < -0.4 is 0 Å². The van der Waals surface area contributed by atoms with E-state index in [1.807, 2.05) is 0 Å². The van der Waals surface area contributed by atoms with Gasteiger partial charge in [0.1, 0.15) is 0 Å². The molecule has 4 heteroatoms. The van der Waals surface area contributed by atoms with Gasteiger partial charge in [0.25, 0.3) is 0 Å². The summed E-state index contributed by atoms with van der Waals surface area (Å²) in [4.78, 5) is 2.34. The van der Waals surface area contributed by atoms with Gasteiger partial charge in [-0.25, -0.2) is 0 Å². The topological polar surface area (TPSA) is 52.9 Å². The number of nitrogens with zero attached hydrogens (tertiary/aromatic N) is 1. The van der Waals surface area contributed by atoms with Crippen molar-refractivity contribution in [3.8, 4) is 0 Å². The smallest absolute Gasteiger partial charge is 0.0781 e. The highest BCUT2D eigenvalue weighted by atomic mass is 16.5. The molecule has 0 aromatic rings. The third kappa shape index (κ3) is 2.36. The van der Waals surface area contributed by atoms with Crippen molar-refractivity contribution in [3.63, 3.8) is 0 Å². The van der Waals surface area contributed by atoms with E-state index in [-0.39, 0.29) is 12.0 Å². The Morgan fingerprint density at radius 2 is 1.94 bits per heavy atom. The number of aliphatic hydroxyl groups is 2. The Kier molecular flexibility index (Phi) is 4.08. The molecule has 2 N–H and O–H groups in total. The Labute approximate surface area is 104 Å². The molecule has 4 nitrogen and oxygen atoms in total. The SMILES string of the molecule is CCN1CCCC(CO)(C2(O)CCOCC2)C1. The average molecular weight is 243 g/mol. The predicted molar refractivity (Wildman–Crippen MR) is 65.9 cm³/mol. The summed E-state index contributed by atoms with van der Waals surface area (Å²) in [5.41, 5.74) is -1.08. The molecule has 17 heavy (non-hydrogen) atoms. The Morgan fingerprint density at radius 3 is 2.53 bits per heavy atom. The lowest BCUT2D eigenvalue weighted by Gasteiger charge is -2.52. The fraction of sp³-hybridized carbons (Fsp3) is 1.00. The van der Waals surface area contributed by atoms with Gasteiger partial charge < -0.3 is 19.8 Å². The minimum Gasteiger partial charge on any atom is -0.396 e. The van der Waals surface area contributed by atoms with Crippen LogP contribution in [0.5, 0.6) is 0 Å². The number of ether oxygens (including phenoxy) is 1. The summed E-state index contributed by atoms with van der Waals surface area (Å²) >= 11 is 0. The van der Waals surface area contributed by atoms with Crippen molar-refractivity contribution in [2.24, 2.45) is 5.41 Å². The fourth-order valence-electron chi connectivity index (χ4n) is 3.39. The van der Waals surface area contributed by atoms with Gasteiger partial charge in [0, 0.05) is 38.0 Å². The van der Waals surface area contributed by atoms with Gasteiger partial charge >= 0.3 is 0 Å². The molecule has 0 aliphatic carbocycles. The molecule has 2 aliphatic heterocycles. The van der Waals surface area contributed by atoms with E-state index in [2.05, 4.69) is 11.8 Å². The highest BCUT2D eigenvalue weighted by molar-refractivity contribution is 5.03. The van der Waals surface area contributed by atoms with Crippen molar-refractivity contribution in [1.29, 1.82) is 0 Å². The summed E-state index contributed by atoms with van der Waals surface area (Å²) in [6.45, 7) is 6.35. The van der Waals surface area contributed by atoms with Crippen molar-refractivity contribution in [3.05, 3.63) is 0 Å². The van der Waals surface area contributed by atoms with Crippen LogP contribution >= 0.6 is 0 Å². The van der Waals surface area contributed by atoms with Crippen molar-refractivity contribution in [1.82, 2.24) is 4.90 Å². The summed E-state index contributed by atoms with van der Waals surface area (Å²) in [5.74, 6) is 0. The normalized spacial score (nSPS) is 34.8. The van der Waals surface area contributed by atoms with Crippen molar-refractivity contribution < 1.29 is 14.9 Å². The maximum Gasteiger partial charge on any atom is 0.0781 e. The number of rotatable bonds is 3. The van der Waals surface area contributed by atoms with Crippen molar-refractivity contribution in [2.75, 3.05) is 39.5 Å². The Morgan fingerprint density at radius 1 is 1.24 bits per heavy atom. The minimum absolute atomic E-state index is 0.0833. The number of aliphatic hydroxyl groups excluding tert-OH is 1. The lowest BCUT2D eigenvalue weighted by atomic mass is 9.64. The first-order valence-corrected chi connectivity index (χ1v) is 6.79. The van der Waals surface area contributed by atoms with E-state index < -0.39 is 5.60 Å². The third-order valence-electron chi connectivity index (χ3n) is 4.71. The molecule has 100 valence electrons. The number of piperidine rings is 1. The van der Waals surface area contributed by atoms with E-state index in [4.69, 9.17) is 4.74 Å². The molecule has 2 saturated heterocycles. The molecule has 0 aromatic carbocycles. The Bertz CT molecular complexity index is 253. The highest BCUT2D eigenvalue weighted by Crippen LogP contribution is 2.44. The molecule has 2 heterocycles. The molecule has 0 saturated carbocycles. The molecule has 0 amide bonds. The number of hydrogen-bond donors (Lipinski definition) is 2. The van der Waals surface area contributed by atoms with Gasteiger partial charge in [0.15, 0.2) is 0 Å². The monoisotopic (exact) mass is 243 g/mol. The van der Waals surface area contributed by atoms with Crippen LogP contribution in [0.1, 0.15) is 32.6 Å². The molecule has 0 radical (unpaired) electrons. The average Bonchev–Trinajstić information content (AvgIpc) is 2.39. The zero-order valence-corrected chi connectivity index (χ0v) is 10.8. The Hall–Kier alpha value is -0.160. The maximum atomic E-state index is 10.9. The first-order valence-electron chi connectivity index (χ1n) is 6.79. The fourth-order valence-corrected chi connectivity index (χ4v) is 3.39. The molecular weight excluding hydrogens is 218 g/mol. The molecule has 2 fully saturated rings. The van der Waals surface area contributed by atoms with Crippen LogP contribution in [0.25, 0.3) is 0 Å². The van der Waals surface area contributed by atoms with Crippen LogP contribution in [0, 0.1) is 5.41 Å². The molecule has 1 atom stereocenters.